The highest BCUT2D eigenvalue weighted by Crippen LogP contribution is 2.36. The summed E-state index contributed by atoms with van der Waals surface area (Å²) < 4.78 is 11.1. The van der Waals surface area contributed by atoms with Crippen LogP contribution in [-0.2, 0) is 14.3 Å². The molecule has 0 radical (unpaired) electrons. The largest absolute Gasteiger partial charge is 0.484 e. The summed E-state index contributed by atoms with van der Waals surface area (Å²) in [6.45, 7) is 4.42. The van der Waals surface area contributed by atoms with E-state index >= 15 is 0 Å². The Morgan fingerprint density at radius 2 is 2.04 bits per heavy atom. The van der Waals surface area contributed by atoms with Crippen LogP contribution >= 0.6 is 0 Å². The standard InChI is InChI=1S/C18H26N2O4/c1-3-24-18(10-4-5-13(2)11-18)17(22)20-14-6-8-15(9-7-14)23-12-16(19)21/h6-9,13H,3-5,10-12H2,1-2H3,(H2,19,21)(H,20,22). The number of rotatable bonds is 7. The molecule has 2 unspecified atom stereocenters. The number of anilines is 1. The fraction of sp³-hybridized carbons (Fsp3) is 0.556. The second-order valence-corrected chi connectivity index (χ2v) is 6.36. The number of hydrogen-bond acceptors (Lipinski definition) is 4. The van der Waals surface area contributed by atoms with E-state index in [1.54, 1.807) is 24.3 Å². The first-order chi connectivity index (χ1) is 11.4. The van der Waals surface area contributed by atoms with Crippen LogP contribution in [0, 0.1) is 5.92 Å². The molecule has 0 heterocycles. The average molecular weight is 334 g/mol. The topological polar surface area (TPSA) is 90.7 Å². The van der Waals surface area contributed by atoms with Crippen LogP contribution < -0.4 is 15.8 Å². The van der Waals surface area contributed by atoms with Crippen molar-refractivity contribution in [2.45, 2.75) is 45.1 Å². The Balaban J connectivity index is 2.02. The Labute approximate surface area is 142 Å². The molecule has 2 amide bonds. The number of primary amides is 1. The third-order valence-electron chi connectivity index (χ3n) is 4.28. The van der Waals surface area contributed by atoms with Crippen molar-refractivity contribution < 1.29 is 19.1 Å². The second kappa shape index (κ2) is 8.15. The van der Waals surface area contributed by atoms with E-state index in [1.165, 1.54) is 0 Å². The van der Waals surface area contributed by atoms with Crippen molar-refractivity contribution in [2.75, 3.05) is 18.5 Å². The molecular formula is C18H26N2O4. The number of benzene rings is 1. The van der Waals surface area contributed by atoms with Crippen molar-refractivity contribution >= 4 is 17.5 Å². The highest BCUT2D eigenvalue weighted by Gasteiger charge is 2.42. The molecule has 24 heavy (non-hydrogen) atoms. The van der Waals surface area contributed by atoms with E-state index in [0.29, 0.717) is 24.0 Å². The lowest BCUT2D eigenvalue weighted by atomic mass is 9.78. The molecule has 1 saturated carbocycles. The van der Waals surface area contributed by atoms with E-state index in [2.05, 4.69) is 12.2 Å². The molecule has 6 heteroatoms. The van der Waals surface area contributed by atoms with Crippen LogP contribution in [-0.4, -0.2) is 30.6 Å². The Morgan fingerprint density at radius 1 is 1.33 bits per heavy atom. The third-order valence-corrected chi connectivity index (χ3v) is 4.28. The van der Waals surface area contributed by atoms with Crippen molar-refractivity contribution in [2.24, 2.45) is 11.7 Å². The smallest absolute Gasteiger partial charge is 0.256 e. The van der Waals surface area contributed by atoms with Gasteiger partial charge in [0.25, 0.3) is 11.8 Å². The van der Waals surface area contributed by atoms with Gasteiger partial charge in [0.2, 0.25) is 0 Å². The third kappa shape index (κ3) is 4.71. The van der Waals surface area contributed by atoms with Crippen LogP contribution in [0.4, 0.5) is 5.69 Å². The first kappa shape index (κ1) is 18.3. The minimum atomic E-state index is -0.743. The molecular weight excluding hydrogens is 308 g/mol. The van der Waals surface area contributed by atoms with Gasteiger partial charge in [-0.1, -0.05) is 13.3 Å². The summed E-state index contributed by atoms with van der Waals surface area (Å²) in [4.78, 5) is 23.5. The van der Waals surface area contributed by atoms with Crippen LogP contribution in [0.15, 0.2) is 24.3 Å². The normalized spacial score (nSPS) is 23.5. The summed E-state index contributed by atoms with van der Waals surface area (Å²) >= 11 is 0. The minimum absolute atomic E-state index is 0.0956. The number of carbonyl (C=O) groups is 2. The fourth-order valence-corrected chi connectivity index (χ4v) is 3.22. The SMILES string of the molecule is CCOC1(C(=O)Nc2ccc(OCC(N)=O)cc2)CCCC(C)C1. The number of ether oxygens (including phenoxy) is 2. The Hall–Kier alpha value is -2.08. The van der Waals surface area contributed by atoms with Gasteiger partial charge in [0.15, 0.2) is 6.61 Å². The predicted octanol–water partition coefficient (Wildman–Crippen LogP) is 2.47. The zero-order chi connectivity index (χ0) is 17.6. The van der Waals surface area contributed by atoms with Crippen molar-refractivity contribution in [3.63, 3.8) is 0 Å². The second-order valence-electron chi connectivity index (χ2n) is 6.36. The summed E-state index contributed by atoms with van der Waals surface area (Å²) in [7, 11) is 0. The molecule has 1 aromatic rings. The minimum Gasteiger partial charge on any atom is -0.484 e. The van der Waals surface area contributed by atoms with Crippen molar-refractivity contribution in [1.82, 2.24) is 0 Å². The molecule has 0 aliphatic heterocycles. The summed E-state index contributed by atoms with van der Waals surface area (Å²) in [6, 6.07) is 6.85. The molecule has 0 aromatic heterocycles. The zero-order valence-corrected chi connectivity index (χ0v) is 14.3. The van der Waals surface area contributed by atoms with Gasteiger partial charge in [-0.15, -0.1) is 0 Å². The Bertz CT molecular complexity index is 569. The molecule has 2 rings (SSSR count). The molecule has 3 N–H and O–H groups in total. The molecule has 0 saturated heterocycles. The van der Waals surface area contributed by atoms with Gasteiger partial charge < -0.3 is 20.5 Å². The highest BCUT2D eigenvalue weighted by molar-refractivity contribution is 5.97. The monoisotopic (exact) mass is 334 g/mol. The van der Waals surface area contributed by atoms with E-state index in [-0.39, 0.29) is 12.5 Å². The number of nitrogens with one attached hydrogen (secondary N) is 1. The number of hydrogen-bond donors (Lipinski definition) is 2. The molecule has 6 nitrogen and oxygen atoms in total. The van der Waals surface area contributed by atoms with Crippen LogP contribution in [0.1, 0.15) is 39.5 Å². The van der Waals surface area contributed by atoms with Crippen LogP contribution in [0.2, 0.25) is 0 Å². The van der Waals surface area contributed by atoms with E-state index in [9.17, 15) is 9.59 Å². The Kier molecular flexibility index (Phi) is 6.20. The first-order valence-electron chi connectivity index (χ1n) is 8.42. The van der Waals surface area contributed by atoms with E-state index in [0.717, 1.165) is 25.7 Å². The van der Waals surface area contributed by atoms with Crippen LogP contribution in [0.25, 0.3) is 0 Å². The predicted molar refractivity (Wildman–Crippen MR) is 91.8 cm³/mol. The molecule has 0 bridgehead atoms. The van der Waals surface area contributed by atoms with Crippen molar-refractivity contribution in [3.05, 3.63) is 24.3 Å². The molecule has 2 atom stereocenters. The molecule has 1 aromatic carbocycles. The van der Waals surface area contributed by atoms with Gasteiger partial charge >= 0.3 is 0 Å². The molecule has 0 spiro atoms. The number of amides is 2. The van der Waals surface area contributed by atoms with Gasteiger partial charge in [-0.2, -0.15) is 0 Å². The maximum atomic E-state index is 12.8. The van der Waals surface area contributed by atoms with Gasteiger partial charge in [0, 0.05) is 12.3 Å². The van der Waals surface area contributed by atoms with E-state index in [4.69, 9.17) is 15.2 Å². The number of carbonyl (C=O) groups excluding carboxylic acids is 2. The summed E-state index contributed by atoms with van der Waals surface area (Å²) in [6.07, 6.45) is 3.62. The van der Waals surface area contributed by atoms with Crippen molar-refractivity contribution in [1.29, 1.82) is 0 Å². The zero-order valence-electron chi connectivity index (χ0n) is 14.3. The van der Waals surface area contributed by atoms with Crippen molar-refractivity contribution in [3.8, 4) is 5.75 Å². The quantitative estimate of drug-likeness (QED) is 0.801. The highest BCUT2D eigenvalue weighted by atomic mass is 16.5. The lowest BCUT2D eigenvalue weighted by Gasteiger charge is -2.38. The maximum absolute atomic E-state index is 12.8. The summed E-state index contributed by atoms with van der Waals surface area (Å²) in [5, 5.41) is 2.94. The van der Waals surface area contributed by atoms with E-state index < -0.39 is 11.5 Å². The number of nitrogens with two attached hydrogens (primary N) is 1. The maximum Gasteiger partial charge on any atom is 0.256 e. The summed E-state index contributed by atoms with van der Waals surface area (Å²) in [5.41, 5.74) is 4.97. The van der Waals surface area contributed by atoms with Gasteiger partial charge in [0.05, 0.1) is 0 Å². The fourth-order valence-electron chi connectivity index (χ4n) is 3.22. The lowest BCUT2D eigenvalue weighted by molar-refractivity contribution is -0.147. The average Bonchev–Trinajstić information content (AvgIpc) is 2.54. The van der Waals surface area contributed by atoms with Gasteiger partial charge in [-0.05, 0) is 56.4 Å². The first-order valence-corrected chi connectivity index (χ1v) is 8.42. The lowest BCUT2D eigenvalue weighted by Crippen LogP contribution is -2.48. The van der Waals surface area contributed by atoms with Gasteiger partial charge in [0.1, 0.15) is 11.4 Å². The molecule has 1 fully saturated rings. The molecule has 1 aliphatic rings. The van der Waals surface area contributed by atoms with Gasteiger partial charge in [-0.3, -0.25) is 9.59 Å². The van der Waals surface area contributed by atoms with Gasteiger partial charge in [-0.25, -0.2) is 0 Å². The summed E-state index contributed by atoms with van der Waals surface area (Å²) in [5.74, 6) is 0.373. The molecule has 132 valence electrons. The Morgan fingerprint density at radius 3 is 2.62 bits per heavy atom. The molecule has 1 aliphatic carbocycles. The van der Waals surface area contributed by atoms with Crippen LogP contribution in [0.3, 0.4) is 0 Å². The van der Waals surface area contributed by atoms with E-state index in [1.807, 2.05) is 6.92 Å². The van der Waals surface area contributed by atoms with Crippen LogP contribution in [0.5, 0.6) is 5.75 Å².